The Morgan fingerprint density at radius 3 is 2.76 bits per heavy atom. The summed E-state index contributed by atoms with van der Waals surface area (Å²) in [6, 6.07) is 2.92. The molecule has 2 rings (SSSR count). The molecule has 0 bridgehead atoms. The zero-order chi connectivity index (χ0) is 15.8. The molecule has 6 heteroatoms. The second-order valence-corrected chi connectivity index (χ2v) is 7.17. The minimum Gasteiger partial charge on any atom is -0.444 e. The summed E-state index contributed by atoms with van der Waals surface area (Å²) in [4.78, 5) is 13.7. The molecule has 0 spiro atoms. The fourth-order valence-electron chi connectivity index (χ4n) is 2.32. The van der Waals surface area contributed by atoms with E-state index in [0.717, 1.165) is 5.56 Å². The number of carbonyl (C=O) groups is 1. The maximum Gasteiger partial charge on any atom is 0.410 e. The van der Waals surface area contributed by atoms with Gasteiger partial charge in [0, 0.05) is 22.6 Å². The van der Waals surface area contributed by atoms with Gasteiger partial charge in [-0.2, -0.15) is 0 Å². The Morgan fingerprint density at radius 2 is 2.14 bits per heavy atom. The average Bonchev–Trinajstić information content (AvgIpc) is 2.48. The summed E-state index contributed by atoms with van der Waals surface area (Å²) >= 11 is 3.28. The van der Waals surface area contributed by atoms with Crippen LogP contribution in [0, 0.1) is 5.82 Å². The zero-order valence-corrected chi connectivity index (χ0v) is 14.0. The van der Waals surface area contributed by atoms with Crippen molar-refractivity contribution in [2.24, 2.45) is 5.73 Å². The minimum atomic E-state index is -0.577. The number of benzene rings is 1. The molecule has 2 N–H and O–H groups in total. The molecule has 0 saturated carbocycles. The topological polar surface area (TPSA) is 55.6 Å². The van der Waals surface area contributed by atoms with Gasteiger partial charge in [0.15, 0.2) is 0 Å². The monoisotopic (exact) mass is 358 g/mol. The van der Waals surface area contributed by atoms with Crippen LogP contribution in [0.1, 0.15) is 44.4 Å². The van der Waals surface area contributed by atoms with Gasteiger partial charge in [0.25, 0.3) is 0 Å². The van der Waals surface area contributed by atoms with Gasteiger partial charge in [0.2, 0.25) is 0 Å². The molecule has 4 nitrogen and oxygen atoms in total. The quantitative estimate of drug-likeness (QED) is 0.768. The van der Waals surface area contributed by atoms with Crippen molar-refractivity contribution in [1.29, 1.82) is 0 Å². The van der Waals surface area contributed by atoms with Crippen LogP contribution in [0.5, 0.6) is 0 Å². The fraction of sp³-hybridized carbons (Fsp3) is 0.533. The van der Waals surface area contributed by atoms with E-state index in [2.05, 4.69) is 15.9 Å². The van der Waals surface area contributed by atoms with Crippen molar-refractivity contribution in [2.75, 3.05) is 6.54 Å². The first kappa shape index (κ1) is 16.2. The van der Waals surface area contributed by atoms with Gasteiger partial charge in [-0.1, -0.05) is 15.9 Å². The van der Waals surface area contributed by atoms with Crippen molar-refractivity contribution in [1.82, 2.24) is 4.90 Å². The molecular weight excluding hydrogens is 339 g/mol. The number of hydrogen-bond donors (Lipinski definition) is 1. The highest BCUT2D eigenvalue weighted by Crippen LogP contribution is 2.30. The maximum atomic E-state index is 14.2. The lowest BCUT2D eigenvalue weighted by Gasteiger charge is -2.26. The zero-order valence-electron chi connectivity index (χ0n) is 12.5. The van der Waals surface area contributed by atoms with Crippen LogP contribution in [0.3, 0.4) is 0 Å². The average molecular weight is 359 g/mol. The molecule has 1 amide bonds. The van der Waals surface area contributed by atoms with E-state index in [4.69, 9.17) is 10.5 Å². The van der Waals surface area contributed by atoms with Crippen LogP contribution in [0.2, 0.25) is 0 Å². The molecule has 0 radical (unpaired) electrons. The van der Waals surface area contributed by atoms with E-state index in [-0.39, 0.29) is 18.4 Å². The highest BCUT2D eigenvalue weighted by molar-refractivity contribution is 9.10. The Labute approximate surface area is 132 Å². The molecule has 21 heavy (non-hydrogen) atoms. The van der Waals surface area contributed by atoms with Gasteiger partial charge < -0.3 is 15.4 Å². The van der Waals surface area contributed by atoms with E-state index in [9.17, 15) is 9.18 Å². The third kappa shape index (κ3) is 3.95. The number of rotatable bonds is 0. The standard InChI is InChI=1S/C15H20BrFN2O2/c1-15(2,3)21-14(20)19-5-4-13(18)10-6-9(16)7-12(17)11(10)8-19/h6-7,13H,4-5,8,18H2,1-3H3/t13-/m0/s1. The van der Waals surface area contributed by atoms with E-state index in [1.165, 1.54) is 11.0 Å². The molecule has 1 aromatic carbocycles. The van der Waals surface area contributed by atoms with Crippen LogP contribution in [-0.2, 0) is 11.3 Å². The van der Waals surface area contributed by atoms with E-state index in [0.29, 0.717) is 23.0 Å². The first-order valence-electron chi connectivity index (χ1n) is 6.88. The van der Waals surface area contributed by atoms with Crippen LogP contribution < -0.4 is 5.73 Å². The molecule has 0 aliphatic carbocycles. The molecule has 0 saturated heterocycles. The highest BCUT2D eigenvalue weighted by Gasteiger charge is 2.28. The third-order valence-electron chi connectivity index (χ3n) is 3.30. The molecular formula is C15H20BrFN2O2. The number of halogens is 2. The molecule has 0 unspecified atom stereocenters. The van der Waals surface area contributed by atoms with E-state index in [1.807, 2.05) is 6.07 Å². The summed E-state index contributed by atoms with van der Waals surface area (Å²) in [5.41, 5.74) is 6.74. The first-order valence-corrected chi connectivity index (χ1v) is 7.68. The summed E-state index contributed by atoms with van der Waals surface area (Å²) in [6.45, 7) is 6.04. The Morgan fingerprint density at radius 1 is 1.48 bits per heavy atom. The second-order valence-electron chi connectivity index (χ2n) is 6.25. The van der Waals surface area contributed by atoms with E-state index >= 15 is 0 Å². The number of amides is 1. The Balaban J connectivity index is 2.29. The summed E-state index contributed by atoms with van der Waals surface area (Å²) in [6.07, 6.45) is 0.132. The van der Waals surface area contributed by atoms with Crippen molar-refractivity contribution in [3.63, 3.8) is 0 Å². The summed E-state index contributed by atoms with van der Waals surface area (Å²) in [5.74, 6) is -0.356. The number of nitrogens with zero attached hydrogens (tertiary/aromatic N) is 1. The van der Waals surface area contributed by atoms with Gasteiger partial charge in [-0.25, -0.2) is 9.18 Å². The van der Waals surface area contributed by atoms with Gasteiger partial charge in [0.05, 0.1) is 6.54 Å². The van der Waals surface area contributed by atoms with Crippen LogP contribution in [-0.4, -0.2) is 23.1 Å². The summed E-state index contributed by atoms with van der Waals surface area (Å²) in [7, 11) is 0. The fourth-order valence-corrected chi connectivity index (χ4v) is 2.77. The summed E-state index contributed by atoms with van der Waals surface area (Å²) in [5, 5.41) is 0. The number of nitrogens with two attached hydrogens (primary N) is 1. The van der Waals surface area contributed by atoms with Gasteiger partial charge >= 0.3 is 6.09 Å². The van der Waals surface area contributed by atoms with Crippen molar-refractivity contribution in [2.45, 2.75) is 45.4 Å². The minimum absolute atomic E-state index is 0.178. The Bertz CT molecular complexity index is 557. The number of carbonyl (C=O) groups excluding carboxylic acids is 1. The van der Waals surface area contributed by atoms with Crippen LogP contribution >= 0.6 is 15.9 Å². The number of hydrogen-bond acceptors (Lipinski definition) is 3. The van der Waals surface area contributed by atoms with Crippen molar-refractivity contribution in [3.8, 4) is 0 Å². The molecule has 1 aliphatic rings. The predicted octanol–water partition coefficient (Wildman–Crippen LogP) is 3.73. The van der Waals surface area contributed by atoms with E-state index in [1.54, 1.807) is 20.8 Å². The van der Waals surface area contributed by atoms with Crippen LogP contribution in [0.15, 0.2) is 16.6 Å². The lowest BCUT2D eigenvalue weighted by Crippen LogP contribution is -2.36. The third-order valence-corrected chi connectivity index (χ3v) is 3.76. The molecule has 116 valence electrons. The van der Waals surface area contributed by atoms with Crippen molar-refractivity contribution >= 4 is 22.0 Å². The largest absolute Gasteiger partial charge is 0.444 e. The molecule has 1 aromatic rings. The molecule has 0 aromatic heterocycles. The number of fused-ring (bicyclic) bond motifs is 1. The lowest BCUT2D eigenvalue weighted by molar-refractivity contribution is 0.0233. The van der Waals surface area contributed by atoms with Gasteiger partial charge in [0.1, 0.15) is 11.4 Å². The van der Waals surface area contributed by atoms with Gasteiger partial charge in [-0.05, 0) is 44.9 Å². The summed E-state index contributed by atoms with van der Waals surface area (Å²) < 4.78 is 20.2. The lowest BCUT2D eigenvalue weighted by atomic mass is 10.00. The van der Waals surface area contributed by atoms with Crippen molar-refractivity contribution in [3.05, 3.63) is 33.5 Å². The second kappa shape index (κ2) is 5.93. The highest BCUT2D eigenvalue weighted by atomic mass is 79.9. The molecule has 1 atom stereocenters. The first-order chi connectivity index (χ1) is 9.67. The predicted molar refractivity (Wildman–Crippen MR) is 82.3 cm³/mol. The van der Waals surface area contributed by atoms with Gasteiger partial charge in [-0.15, -0.1) is 0 Å². The van der Waals surface area contributed by atoms with Gasteiger partial charge in [-0.3, -0.25) is 0 Å². The Hall–Kier alpha value is -1.14. The smallest absolute Gasteiger partial charge is 0.410 e. The maximum absolute atomic E-state index is 14.2. The molecule has 0 fully saturated rings. The molecule has 1 heterocycles. The normalized spacial score (nSPS) is 19.0. The van der Waals surface area contributed by atoms with Crippen molar-refractivity contribution < 1.29 is 13.9 Å². The van der Waals surface area contributed by atoms with E-state index < -0.39 is 11.7 Å². The molecule has 1 aliphatic heterocycles. The van der Waals surface area contributed by atoms with Crippen LogP contribution in [0.25, 0.3) is 0 Å². The van der Waals surface area contributed by atoms with Crippen LogP contribution in [0.4, 0.5) is 9.18 Å². The SMILES string of the molecule is CC(C)(C)OC(=O)N1CC[C@H](N)c2cc(Br)cc(F)c2C1. The Kier molecular flexibility index (Phi) is 4.58. The number of ether oxygens (including phenoxy) is 1.